The van der Waals surface area contributed by atoms with Crippen molar-refractivity contribution in [1.82, 2.24) is 20.9 Å². The van der Waals surface area contributed by atoms with E-state index < -0.39 is 0 Å². The van der Waals surface area contributed by atoms with Gasteiger partial charge in [0.1, 0.15) is 0 Å². The normalized spacial score (nSPS) is 16.9. The van der Waals surface area contributed by atoms with Gasteiger partial charge in [0, 0.05) is 50.4 Å². The minimum Gasteiger partial charge on any atom is -0.379 e. The zero-order valence-electron chi connectivity index (χ0n) is 18.5. The monoisotopic (exact) mass is 403 g/mol. The van der Waals surface area contributed by atoms with Crippen LogP contribution in [0.1, 0.15) is 50.0 Å². The average Bonchev–Trinajstić information content (AvgIpc) is 2.74. The minimum atomic E-state index is -0.0315. The molecule has 1 aliphatic heterocycles. The fourth-order valence-corrected chi connectivity index (χ4v) is 3.22. The van der Waals surface area contributed by atoms with E-state index in [1.807, 2.05) is 31.2 Å². The summed E-state index contributed by atoms with van der Waals surface area (Å²) in [5, 5.41) is 9.78. The lowest BCUT2D eigenvalue weighted by atomic mass is 10.0. The van der Waals surface area contributed by atoms with Crippen molar-refractivity contribution in [2.24, 2.45) is 4.99 Å². The number of carbonyl (C=O) groups excluding carboxylic acids is 1. The van der Waals surface area contributed by atoms with Crippen LogP contribution in [0.15, 0.2) is 29.3 Å². The van der Waals surface area contributed by atoms with Gasteiger partial charge >= 0.3 is 0 Å². The fourth-order valence-electron chi connectivity index (χ4n) is 3.22. The molecular weight excluding hydrogens is 366 g/mol. The van der Waals surface area contributed by atoms with Crippen LogP contribution >= 0.6 is 0 Å². The molecule has 0 saturated carbocycles. The number of nitrogens with one attached hydrogen (secondary N) is 3. The predicted molar refractivity (Wildman–Crippen MR) is 118 cm³/mol. The number of carbonyl (C=O) groups is 1. The Bertz CT molecular complexity index is 684. The Kier molecular flexibility index (Phi) is 8.92. The van der Waals surface area contributed by atoms with E-state index in [4.69, 9.17) is 4.74 Å². The number of rotatable bonds is 8. The van der Waals surface area contributed by atoms with Crippen LogP contribution in [0.2, 0.25) is 0 Å². The van der Waals surface area contributed by atoms with Crippen LogP contribution in [0.25, 0.3) is 0 Å². The number of nitrogens with zero attached hydrogens (tertiary/aromatic N) is 2. The van der Waals surface area contributed by atoms with Gasteiger partial charge in [-0.2, -0.15) is 0 Å². The third-order valence-corrected chi connectivity index (χ3v) is 5.42. The molecule has 2 rings (SSSR count). The Morgan fingerprint density at radius 1 is 1.28 bits per heavy atom. The molecule has 7 heteroatoms. The van der Waals surface area contributed by atoms with Gasteiger partial charge in [-0.15, -0.1) is 0 Å². The van der Waals surface area contributed by atoms with Gasteiger partial charge < -0.3 is 20.7 Å². The molecule has 1 fully saturated rings. The molecule has 0 spiro atoms. The summed E-state index contributed by atoms with van der Waals surface area (Å²) in [6, 6.07) is 7.87. The maximum atomic E-state index is 12.3. The van der Waals surface area contributed by atoms with Crippen molar-refractivity contribution >= 4 is 11.9 Å². The second-order valence-corrected chi connectivity index (χ2v) is 8.17. The molecular formula is C22H37N5O2. The maximum Gasteiger partial charge on any atom is 0.251 e. The second kappa shape index (κ2) is 11.2. The smallest absolute Gasteiger partial charge is 0.251 e. The number of hydrogen-bond acceptors (Lipinski definition) is 4. The lowest BCUT2D eigenvalue weighted by molar-refractivity contribution is -0.00834. The summed E-state index contributed by atoms with van der Waals surface area (Å²) < 4.78 is 5.46. The SMILES string of the molecule is CCC(C)NC(=O)c1cccc(CNC(=NC)NCC(C)(C)N2CCOCC2)c1. The Labute approximate surface area is 175 Å². The summed E-state index contributed by atoms with van der Waals surface area (Å²) >= 11 is 0. The molecule has 1 aromatic rings. The highest BCUT2D eigenvalue weighted by molar-refractivity contribution is 5.94. The van der Waals surface area contributed by atoms with Crippen LogP contribution in [0.4, 0.5) is 0 Å². The number of morpholine rings is 1. The molecule has 29 heavy (non-hydrogen) atoms. The number of benzene rings is 1. The van der Waals surface area contributed by atoms with E-state index in [1.54, 1.807) is 7.05 Å². The van der Waals surface area contributed by atoms with Gasteiger partial charge in [-0.05, 0) is 44.9 Å². The third kappa shape index (κ3) is 7.33. The maximum absolute atomic E-state index is 12.3. The van der Waals surface area contributed by atoms with E-state index in [1.165, 1.54) is 0 Å². The third-order valence-electron chi connectivity index (χ3n) is 5.42. The summed E-state index contributed by atoms with van der Waals surface area (Å²) in [4.78, 5) is 19.1. The molecule has 1 aliphatic rings. The molecule has 7 nitrogen and oxygen atoms in total. The van der Waals surface area contributed by atoms with Crippen molar-refractivity contribution < 1.29 is 9.53 Å². The summed E-state index contributed by atoms with van der Waals surface area (Å²) in [5.41, 5.74) is 1.73. The van der Waals surface area contributed by atoms with Crippen molar-refractivity contribution in [3.05, 3.63) is 35.4 Å². The highest BCUT2D eigenvalue weighted by Gasteiger charge is 2.28. The molecule has 162 valence electrons. The molecule has 1 unspecified atom stereocenters. The molecule has 1 saturated heterocycles. The van der Waals surface area contributed by atoms with Gasteiger partial charge in [-0.25, -0.2) is 0 Å². The first-order chi connectivity index (χ1) is 13.9. The van der Waals surface area contributed by atoms with Gasteiger partial charge in [0.2, 0.25) is 0 Å². The molecule has 0 radical (unpaired) electrons. The lowest BCUT2D eigenvalue weighted by Gasteiger charge is -2.41. The van der Waals surface area contributed by atoms with Gasteiger partial charge in [0.05, 0.1) is 13.2 Å². The van der Waals surface area contributed by atoms with E-state index in [-0.39, 0.29) is 17.5 Å². The molecule has 1 atom stereocenters. The van der Waals surface area contributed by atoms with E-state index in [0.29, 0.717) is 12.1 Å². The molecule has 0 bridgehead atoms. The van der Waals surface area contributed by atoms with Crippen LogP contribution in [0.5, 0.6) is 0 Å². The second-order valence-electron chi connectivity index (χ2n) is 8.17. The Hall–Kier alpha value is -2.12. The summed E-state index contributed by atoms with van der Waals surface area (Å²) in [6.07, 6.45) is 0.912. The average molecular weight is 404 g/mol. The zero-order valence-corrected chi connectivity index (χ0v) is 18.5. The van der Waals surface area contributed by atoms with Crippen molar-refractivity contribution in [1.29, 1.82) is 0 Å². The van der Waals surface area contributed by atoms with Crippen LogP contribution in [-0.4, -0.2) is 68.2 Å². The van der Waals surface area contributed by atoms with Crippen LogP contribution in [0.3, 0.4) is 0 Å². The van der Waals surface area contributed by atoms with Gasteiger partial charge in [0.25, 0.3) is 5.91 Å². The molecule has 1 amide bonds. The predicted octanol–water partition coefficient (Wildman–Crippen LogP) is 1.99. The van der Waals surface area contributed by atoms with E-state index in [0.717, 1.165) is 50.8 Å². The topological polar surface area (TPSA) is 78.0 Å². The zero-order chi connectivity index (χ0) is 21.3. The number of ether oxygens (including phenoxy) is 1. The molecule has 1 aromatic carbocycles. The quantitative estimate of drug-likeness (QED) is 0.457. The van der Waals surface area contributed by atoms with E-state index in [2.05, 4.69) is 46.6 Å². The number of amides is 1. The Morgan fingerprint density at radius 3 is 2.66 bits per heavy atom. The Balaban J connectivity index is 1.87. The minimum absolute atomic E-state index is 0.00930. The van der Waals surface area contributed by atoms with Gasteiger partial charge in [0.15, 0.2) is 5.96 Å². The summed E-state index contributed by atoms with van der Waals surface area (Å²) in [7, 11) is 1.77. The van der Waals surface area contributed by atoms with Gasteiger partial charge in [-0.1, -0.05) is 19.1 Å². The molecule has 3 N–H and O–H groups in total. The van der Waals surface area contributed by atoms with Crippen LogP contribution in [-0.2, 0) is 11.3 Å². The van der Waals surface area contributed by atoms with Crippen molar-refractivity contribution in [3.63, 3.8) is 0 Å². The molecule has 0 aliphatic carbocycles. The van der Waals surface area contributed by atoms with Crippen molar-refractivity contribution in [2.75, 3.05) is 39.9 Å². The first-order valence-electron chi connectivity index (χ1n) is 10.5. The van der Waals surface area contributed by atoms with Crippen LogP contribution in [0, 0.1) is 0 Å². The molecule has 1 heterocycles. The van der Waals surface area contributed by atoms with Gasteiger partial charge in [-0.3, -0.25) is 14.7 Å². The first-order valence-corrected chi connectivity index (χ1v) is 10.5. The first kappa shape index (κ1) is 23.2. The van der Waals surface area contributed by atoms with Crippen molar-refractivity contribution in [3.8, 4) is 0 Å². The summed E-state index contributed by atoms with van der Waals surface area (Å²) in [6.45, 7) is 13.4. The molecule has 0 aromatic heterocycles. The number of guanidine groups is 1. The van der Waals surface area contributed by atoms with E-state index in [9.17, 15) is 4.79 Å². The number of hydrogen-bond donors (Lipinski definition) is 3. The van der Waals surface area contributed by atoms with Crippen molar-refractivity contribution in [2.45, 2.75) is 52.2 Å². The van der Waals surface area contributed by atoms with Crippen LogP contribution < -0.4 is 16.0 Å². The Morgan fingerprint density at radius 2 is 2.00 bits per heavy atom. The lowest BCUT2D eigenvalue weighted by Crippen LogP contribution is -2.56. The summed E-state index contributed by atoms with van der Waals surface area (Å²) in [5.74, 6) is 0.719. The van der Waals surface area contributed by atoms with E-state index >= 15 is 0 Å². The number of aliphatic imine (C=N–C) groups is 1. The highest BCUT2D eigenvalue weighted by Crippen LogP contribution is 2.15. The largest absolute Gasteiger partial charge is 0.379 e. The fraction of sp³-hybridized carbons (Fsp3) is 0.636. The standard InChI is InChI=1S/C22H37N5O2/c1-6-17(2)26-20(28)19-9-7-8-18(14-19)15-24-21(23-5)25-16-22(3,4)27-10-12-29-13-11-27/h7-9,14,17H,6,10-13,15-16H2,1-5H3,(H,26,28)(H2,23,24,25). The highest BCUT2D eigenvalue weighted by atomic mass is 16.5.